The summed E-state index contributed by atoms with van der Waals surface area (Å²) in [5, 5.41) is 7.46. The van der Waals surface area contributed by atoms with Crippen molar-refractivity contribution in [3.63, 3.8) is 0 Å². The molecule has 0 bridgehead atoms. The summed E-state index contributed by atoms with van der Waals surface area (Å²) in [6.45, 7) is 3.79. The number of aromatic nitrogens is 3. The molecule has 3 heterocycles. The third kappa shape index (κ3) is 3.38. The predicted octanol–water partition coefficient (Wildman–Crippen LogP) is 2.39. The fourth-order valence-electron chi connectivity index (χ4n) is 2.93. The van der Waals surface area contributed by atoms with Gasteiger partial charge >= 0.3 is 0 Å². The highest BCUT2D eigenvalue weighted by Crippen LogP contribution is 2.29. The molecule has 2 aromatic heterocycles. The normalized spacial score (nSPS) is 18.6. The van der Waals surface area contributed by atoms with Crippen LogP contribution in [0, 0.1) is 0 Å². The first-order chi connectivity index (χ1) is 10.7. The van der Waals surface area contributed by atoms with E-state index < -0.39 is 0 Å². The fraction of sp³-hybridized carbons (Fsp3) is 0.562. The van der Waals surface area contributed by atoms with E-state index in [-0.39, 0.29) is 5.91 Å². The smallest absolute Gasteiger partial charge is 0.227 e. The van der Waals surface area contributed by atoms with Crippen LogP contribution in [0.5, 0.6) is 0 Å². The molecule has 1 atom stereocenters. The molecule has 1 aliphatic heterocycles. The molecular formula is C16H22N4OS. The molecule has 1 saturated heterocycles. The molecule has 0 saturated carbocycles. The minimum Gasteiger partial charge on any atom is -0.342 e. The van der Waals surface area contributed by atoms with E-state index in [1.54, 1.807) is 22.2 Å². The van der Waals surface area contributed by atoms with E-state index >= 15 is 0 Å². The molecule has 0 radical (unpaired) electrons. The third-order valence-electron chi connectivity index (χ3n) is 4.17. The summed E-state index contributed by atoms with van der Waals surface area (Å²) < 4.78 is 1.74. The average Bonchev–Trinajstić information content (AvgIpc) is 3.16. The van der Waals surface area contributed by atoms with Gasteiger partial charge in [0.2, 0.25) is 5.91 Å². The first-order valence-corrected chi connectivity index (χ1v) is 8.73. The van der Waals surface area contributed by atoms with Crippen LogP contribution in [0.1, 0.15) is 41.9 Å². The Hall–Kier alpha value is -1.69. The van der Waals surface area contributed by atoms with Crippen molar-refractivity contribution in [1.82, 2.24) is 19.7 Å². The second-order valence-electron chi connectivity index (χ2n) is 5.91. The molecule has 1 amide bonds. The SMILES string of the molecule is CCc1csc(C2CCCN(C(=O)Cc3cnn(C)c3)C2)n1. The quantitative estimate of drug-likeness (QED) is 0.870. The van der Waals surface area contributed by atoms with Crippen molar-refractivity contribution >= 4 is 17.2 Å². The van der Waals surface area contributed by atoms with Gasteiger partial charge < -0.3 is 4.90 Å². The summed E-state index contributed by atoms with van der Waals surface area (Å²) in [5.74, 6) is 0.599. The van der Waals surface area contributed by atoms with Crippen molar-refractivity contribution in [2.24, 2.45) is 7.05 Å². The van der Waals surface area contributed by atoms with Gasteiger partial charge in [0, 0.05) is 37.6 Å². The lowest BCUT2D eigenvalue weighted by molar-refractivity contribution is -0.131. The number of aryl methyl sites for hydroxylation is 2. The summed E-state index contributed by atoms with van der Waals surface area (Å²) in [4.78, 5) is 19.2. The van der Waals surface area contributed by atoms with Crippen LogP contribution in [0.4, 0.5) is 0 Å². The topological polar surface area (TPSA) is 51.0 Å². The van der Waals surface area contributed by atoms with Crippen LogP contribution >= 0.6 is 11.3 Å². The molecule has 0 spiro atoms. The van der Waals surface area contributed by atoms with Crippen LogP contribution in [0.2, 0.25) is 0 Å². The number of nitrogens with zero attached hydrogens (tertiary/aromatic N) is 4. The minimum absolute atomic E-state index is 0.199. The Bertz CT molecular complexity index is 648. The van der Waals surface area contributed by atoms with E-state index in [1.807, 2.05) is 18.1 Å². The lowest BCUT2D eigenvalue weighted by Crippen LogP contribution is -2.39. The zero-order valence-corrected chi connectivity index (χ0v) is 14.0. The van der Waals surface area contributed by atoms with Gasteiger partial charge in [0.25, 0.3) is 0 Å². The van der Waals surface area contributed by atoms with Gasteiger partial charge in [0.1, 0.15) is 0 Å². The highest BCUT2D eigenvalue weighted by Gasteiger charge is 2.26. The summed E-state index contributed by atoms with van der Waals surface area (Å²) >= 11 is 1.74. The molecule has 2 aromatic rings. The van der Waals surface area contributed by atoms with Crippen molar-refractivity contribution in [2.45, 2.75) is 38.5 Å². The van der Waals surface area contributed by atoms with Gasteiger partial charge in [-0.1, -0.05) is 6.92 Å². The number of piperidine rings is 1. The van der Waals surface area contributed by atoms with E-state index in [9.17, 15) is 4.79 Å². The molecule has 1 fully saturated rings. The van der Waals surface area contributed by atoms with Crippen molar-refractivity contribution < 1.29 is 4.79 Å². The number of hydrogen-bond donors (Lipinski definition) is 0. The van der Waals surface area contributed by atoms with Crippen molar-refractivity contribution in [2.75, 3.05) is 13.1 Å². The van der Waals surface area contributed by atoms with Crippen LogP contribution in [0.3, 0.4) is 0 Å². The number of thiazole rings is 1. The number of amides is 1. The van der Waals surface area contributed by atoms with Crippen molar-refractivity contribution in [1.29, 1.82) is 0 Å². The molecule has 0 N–H and O–H groups in total. The van der Waals surface area contributed by atoms with Crippen LogP contribution < -0.4 is 0 Å². The van der Waals surface area contributed by atoms with Gasteiger partial charge in [-0.2, -0.15) is 5.10 Å². The standard InChI is InChI=1S/C16H22N4OS/c1-3-14-11-22-16(18-14)13-5-4-6-20(10-13)15(21)7-12-8-17-19(2)9-12/h8-9,11,13H,3-7,10H2,1-2H3. The Labute approximate surface area is 135 Å². The third-order valence-corrected chi connectivity index (χ3v) is 5.22. The van der Waals surface area contributed by atoms with Gasteiger partial charge in [0.15, 0.2) is 0 Å². The first kappa shape index (κ1) is 15.2. The maximum Gasteiger partial charge on any atom is 0.227 e. The molecule has 22 heavy (non-hydrogen) atoms. The highest BCUT2D eigenvalue weighted by molar-refractivity contribution is 7.09. The van der Waals surface area contributed by atoms with E-state index in [4.69, 9.17) is 4.98 Å². The van der Waals surface area contributed by atoms with Crippen LogP contribution in [0.25, 0.3) is 0 Å². The number of carbonyl (C=O) groups excluding carboxylic acids is 1. The Morgan fingerprint density at radius 2 is 2.36 bits per heavy atom. The van der Waals surface area contributed by atoms with E-state index in [1.165, 1.54) is 10.7 Å². The molecule has 1 aliphatic rings. The first-order valence-electron chi connectivity index (χ1n) is 7.85. The number of carbonyl (C=O) groups is 1. The molecule has 6 heteroatoms. The number of likely N-dealkylation sites (tertiary alicyclic amines) is 1. The van der Waals surface area contributed by atoms with Crippen LogP contribution in [-0.4, -0.2) is 38.7 Å². The minimum atomic E-state index is 0.199. The van der Waals surface area contributed by atoms with Crippen molar-refractivity contribution in [3.8, 4) is 0 Å². The Balaban J connectivity index is 1.63. The molecular weight excluding hydrogens is 296 g/mol. The van der Waals surface area contributed by atoms with Crippen LogP contribution in [0.15, 0.2) is 17.8 Å². The van der Waals surface area contributed by atoms with E-state index in [0.717, 1.165) is 37.9 Å². The zero-order valence-electron chi connectivity index (χ0n) is 13.2. The van der Waals surface area contributed by atoms with Gasteiger partial charge in [-0.05, 0) is 24.8 Å². The maximum absolute atomic E-state index is 12.5. The Kier molecular flexibility index (Phi) is 4.57. The molecule has 5 nitrogen and oxygen atoms in total. The van der Waals surface area contributed by atoms with Gasteiger partial charge in [-0.3, -0.25) is 9.48 Å². The predicted molar refractivity (Wildman–Crippen MR) is 87.0 cm³/mol. The molecule has 0 aliphatic carbocycles. The number of hydrogen-bond acceptors (Lipinski definition) is 4. The van der Waals surface area contributed by atoms with Gasteiger partial charge in [0.05, 0.1) is 23.3 Å². The highest BCUT2D eigenvalue weighted by atomic mass is 32.1. The lowest BCUT2D eigenvalue weighted by atomic mass is 9.98. The summed E-state index contributed by atoms with van der Waals surface area (Å²) in [6.07, 6.45) is 7.30. The lowest BCUT2D eigenvalue weighted by Gasteiger charge is -2.31. The summed E-state index contributed by atoms with van der Waals surface area (Å²) in [6, 6.07) is 0. The zero-order chi connectivity index (χ0) is 15.5. The second-order valence-corrected chi connectivity index (χ2v) is 6.80. The summed E-state index contributed by atoms with van der Waals surface area (Å²) in [7, 11) is 1.87. The Morgan fingerprint density at radius 1 is 1.50 bits per heavy atom. The molecule has 0 aromatic carbocycles. The van der Waals surface area contributed by atoms with Crippen molar-refractivity contribution in [3.05, 3.63) is 34.0 Å². The largest absolute Gasteiger partial charge is 0.342 e. The van der Waals surface area contributed by atoms with E-state index in [0.29, 0.717) is 12.3 Å². The number of rotatable bonds is 4. The Morgan fingerprint density at radius 3 is 3.05 bits per heavy atom. The van der Waals surface area contributed by atoms with E-state index in [2.05, 4.69) is 17.4 Å². The molecule has 3 rings (SSSR count). The molecule has 1 unspecified atom stereocenters. The second kappa shape index (κ2) is 6.60. The van der Waals surface area contributed by atoms with Gasteiger partial charge in [-0.25, -0.2) is 4.98 Å². The molecule has 118 valence electrons. The average molecular weight is 318 g/mol. The maximum atomic E-state index is 12.5. The fourth-order valence-corrected chi connectivity index (χ4v) is 3.96. The van der Waals surface area contributed by atoms with Gasteiger partial charge in [-0.15, -0.1) is 11.3 Å². The summed E-state index contributed by atoms with van der Waals surface area (Å²) in [5.41, 5.74) is 2.15. The van der Waals surface area contributed by atoms with Crippen LogP contribution in [-0.2, 0) is 24.7 Å². The monoisotopic (exact) mass is 318 g/mol.